The highest BCUT2D eigenvalue weighted by molar-refractivity contribution is 7.93. The van der Waals surface area contributed by atoms with Crippen LogP contribution < -0.4 is 5.32 Å². The molecule has 1 amide bonds. The predicted octanol–water partition coefficient (Wildman–Crippen LogP) is 0.196. The number of ether oxygens (including phenoxy) is 1. The molecule has 0 saturated carbocycles. The molecule has 0 spiro atoms. The number of aliphatic carboxylic acids is 1. The van der Waals surface area contributed by atoms with Crippen molar-refractivity contribution < 1.29 is 27.9 Å². The molecule has 0 aromatic heterocycles. The summed E-state index contributed by atoms with van der Waals surface area (Å²) in [4.78, 5) is 23.1. The first-order valence-corrected chi connectivity index (χ1v) is 8.52. The smallest absolute Gasteiger partial charge is 0.326 e. The summed E-state index contributed by atoms with van der Waals surface area (Å²) in [5, 5.41) is 11.5. The number of carboxylic acids is 1. The van der Waals surface area contributed by atoms with E-state index >= 15 is 0 Å². The quantitative estimate of drug-likeness (QED) is 0.748. The van der Waals surface area contributed by atoms with Gasteiger partial charge in [-0.25, -0.2) is 13.2 Å². The molecule has 1 aliphatic heterocycles. The fourth-order valence-electron chi connectivity index (χ4n) is 2.01. The van der Waals surface area contributed by atoms with Crippen LogP contribution in [0.4, 0.5) is 0 Å². The molecule has 0 aliphatic carbocycles. The minimum Gasteiger partial charge on any atom is -0.480 e. The molecule has 122 valence electrons. The van der Waals surface area contributed by atoms with Crippen LogP contribution in [0.1, 0.15) is 33.6 Å². The minimum atomic E-state index is -3.64. The van der Waals surface area contributed by atoms with E-state index in [0.717, 1.165) is 6.42 Å². The number of sulfone groups is 1. The van der Waals surface area contributed by atoms with E-state index in [1.165, 1.54) is 20.8 Å². The number of carbonyl (C=O) groups is 2. The van der Waals surface area contributed by atoms with Crippen LogP contribution in [0, 0.1) is 5.92 Å². The Bertz CT molecular complexity index is 487. The SMILES string of the molecule is CC(C)(C)S(=O)(=O)CC(=O)NC(C(=O)O)C1CCCOC1. The lowest BCUT2D eigenvalue weighted by molar-refractivity contribution is -0.144. The first-order chi connectivity index (χ1) is 9.54. The van der Waals surface area contributed by atoms with Crippen LogP contribution in [0.2, 0.25) is 0 Å². The summed E-state index contributed by atoms with van der Waals surface area (Å²) in [7, 11) is -3.64. The lowest BCUT2D eigenvalue weighted by Crippen LogP contribution is -2.50. The summed E-state index contributed by atoms with van der Waals surface area (Å²) in [5.74, 6) is -3.01. The van der Waals surface area contributed by atoms with Gasteiger partial charge in [-0.1, -0.05) is 0 Å². The largest absolute Gasteiger partial charge is 0.480 e. The molecule has 0 radical (unpaired) electrons. The van der Waals surface area contributed by atoms with Gasteiger partial charge in [0.2, 0.25) is 5.91 Å². The van der Waals surface area contributed by atoms with Crippen molar-refractivity contribution in [1.82, 2.24) is 5.32 Å². The third-order valence-electron chi connectivity index (χ3n) is 3.50. The number of nitrogens with one attached hydrogen (secondary N) is 1. The summed E-state index contributed by atoms with van der Waals surface area (Å²) >= 11 is 0. The standard InChI is InChI=1S/C13H23NO6S/c1-13(2,3)21(18,19)8-10(15)14-11(12(16)17)9-5-4-6-20-7-9/h9,11H,4-8H2,1-3H3,(H,14,15)(H,16,17). The fraction of sp³-hybridized carbons (Fsp3) is 0.846. The van der Waals surface area contributed by atoms with Crippen LogP contribution in [0.15, 0.2) is 0 Å². The third-order valence-corrected chi connectivity index (χ3v) is 6.01. The summed E-state index contributed by atoms with van der Waals surface area (Å²) in [6.45, 7) is 5.33. The topological polar surface area (TPSA) is 110 Å². The molecule has 2 unspecified atom stereocenters. The normalized spacial score (nSPS) is 21.6. The molecular weight excluding hydrogens is 298 g/mol. The van der Waals surface area contributed by atoms with Gasteiger partial charge in [-0.3, -0.25) is 4.79 Å². The number of amides is 1. The molecule has 1 rings (SSSR count). The predicted molar refractivity (Wildman–Crippen MR) is 76.6 cm³/mol. The van der Waals surface area contributed by atoms with E-state index in [9.17, 15) is 23.1 Å². The van der Waals surface area contributed by atoms with Gasteiger partial charge >= 0.3 is 5.97 Å². The van der Waals surface area contributed by atoms with E-state index in [1.807, 2.05) is 0 Å². The molecule has 2 N–H and O–H groups in total. The highest BCUT2D eigenvalue weighted by Gasteiger charge is 2.35. The maximum absolute atomic E-state index is 12.0. The van der Waals surface area contributed by atoms with Gasteiger partial charge in [-0.2, -0.15) is 0 Å². The molecule has 2 atom stereocenters. The Kier molecular flexibility index (Phi) is 5.75. The van der Waals surface area contributed by atoms with Gasteiger partial charge in [-0.15, -0.1) is 0 Å². The molecule has 1 heterocycles. The van der Waals surface area contributed by atoms with Crippen LogP contribution in [-0.2, 0) is 24.2 Å². The maximum Gasteiger partial charge on any atom is 0.326 e. The van der Waals surface area contributed by atoms with Gasteiger partial charge in [0.25, 0.3) is 0 Å². The number of carbonyl (C=O) groups excluding carboxylic acids is 1. The Morgan fingerprint density at radius 3 is 2.43 bits per heavy atom. The van der Waals surface area contributed by atoms with Gasteiger partial charge < -0.3 is 15.2 Å². The van der Waals surface area contributed by atoms with E-state index in [1.54, 1.807) is 0 Å². The number of rotatable bonds is 5. The molecule has 0 aromatic carbocycles. The molecule has 7 nitrogen and oxygen atoms in total. The van der Waals surface area contributed by atoms with Crippen molar-refractivity contribution in [3.63, 3.8) is 0 Å². The first-order valence-electron chi connectivity index (χ1n) is 6.87. The van der Waals surface area contributed by atoms with Gasteiger partial charge in [0, 0.05) is 12.5 Å². The van der Waals surface area contributed by atoms with Crippen molar-refractivity contribution >= 4 is 21.7 Å². The highest BCUT2D eigenvalue weighted by Crippen LogP contribution is 2.19. The molecule has 21 heavy (non-hydrogen) atoms. The van der Waals surface area contributed by atoms with E-state index in [4.69, 9.17) is 4.74 Å². The fourth-order valence-corrected chi connectivity index (χ4v) is 2.88. The van der Waals surface area contributed by atoms with E-state index in [0.29, 0.717) is 13.0 Å². The molecular formula is C13H23NO6S. The van der Waals surface area contributed by atoms with Crippen molar-refractivity contribution in [3.8, 4) is 0 Å². The van der Waals surface area contributed by atoms with Crippen molar-refractivity contribution in [2.24, 2.45) is 5.92 Å². The maximum atomic E-state index is 12.0. The lowest BCUT2D eigenvalue weighted by Gasteiger charge is -2.28. The molecule has 8 heteroatoms. The summed E-state index contributed by atoms with van der Waals surface area (Å²) in [6.07, 6.45) is 1.36. The molecule has 0 bridgehead atoms. The second-order valence-electron chi connectivity index (χ2n) is 6.23. The molecule has 1 saturated heterocycles. The van der Waals surface area contributed by atoms with Crippen LogP contribution in [0.25, 0.3) is 0 Å². The first kappa shape index (κ1) is 17.9. The number of carboxylic acid groups (broad SMARTS) is 1. The third kappa shape index (κ3) is 4.96. The Hall–Kier alpha value is -1.15. The lowest BCUT2D eigenvalue weighted by atomic mass is 9.94. The average molecular weight is 321 g/mol. The highest BCUT2D eigenvalue weighted by atomic mass is 32.2. The monoisotopic (exact) mass is 321 g/mol. The van der Waals surface area contributed by atoms with Gasteiger partial charge in [0.05, 0.1) is 11.4 Å². The van der Waals surface area contributed by atoms with E-state index in [2.05, 4.69) is 5.32 Å². The summed E-state index contributed by atoms with van der Waals surface area (Å²) in [6, 6.07) is -1.12. The zero-order chi connectivity index (χ0) is 16.3. The second-order valence-corrected chi connectivity index (χ2v) is 8.98. The summed E-state index contributed by atoms with van der Waals surface area (Å²) in [5.41, 5.74) is 0. The number of hydrogen-bond acceptors (Lipinski definition) is 5. The van der Waals surface area contributed by atoms with Gasteiger partial charge in [0.15, 0.2) is 9.84 Å². The van der Waals surface area contributed by atoms with Crippen molar-refractivity contribution in [2.75, 3.05) is 19.0 Å². The summed E-state index contributed by atoms with van der Waals surface area (Å²) < 4.78 is 28.1. The second kappa shape index (κ2) is 6.74. The molecule has 0 aromatic rings. The Morgan fingerprint density at radius 2 is 2.00 bits per heavy atom. The number of hydrogen-bond donors (Lipinski definition) is 2. The minimum absolute atomic E-state index is 0.253. The van der Waals surface area contributed by atoms with E-state index < -0.39 is 38.3 Å². The van der Waals surface area contributed by atoms with Crippen LogP contribution in [0.5, 0.6) is 0 Å². The Labute approximate surface area is 125 Å². The average Bonchev–Trinajstić information content (AvgIpc) is 2.34. The molecule has 1 aliphatic rings. The van der Waals surface area contributed by atoms with Gasteiger partial charge in [-0.05, 0) is 33.6 Å². The van der Waals surface area contributed by atoms with Crippen LogP contribution >= 0.6 is 0 Å². The van der Waals surface area contributed by atoms with Crippen LogP contribution in [-0.4, -0.2) is 55.2 Å². The van der Waals surface area contributed by atoms with Crippen molar-refractivity contribution in [1.29, 1.82) is 0 Å². The van der Waals surface area contributed by atoms with Gasteiger partial charge in [0.1, 0.15) is 11.8 Å². The Morgan fingerprint density at radius 1 is 1.38 bits per heavy atom. The zero-order valence-electron chi connectivity index (χ0n) is 12.6. The van der Waals surface area contributed by atoms with E-state index in [-0.39, 0.29) is 12.5 Å². The molecule has 1 fully saturated rings. The van der Waals surface area contributed by atoms with Crippen molar-refractivity contribution in [2.45, 2.75) is 44.4 Å². The van der Waals surface area contributed by atoms with Crippen LogP contribution in [0.3, 0.4) is 0 Å². The Balaban J connectivity index is 2.72. The zero-order valence-corrected chi connectivity index (χ0v) is 13.4. The van der Waals surface area contributed by atoms with Crippen molar-refractivity contribution in [3.05, 3.63) is 0 Å².